The van der Waals surface area contributed by atoms with Gasteiger partial charge in [-0.3, -0.25) is 4.79 Å². The molecule has 0 radical (unpaired) electrons. The molecule has 0 atom stereocenters. The maximum Gasteiger partial charge on any atom is 0.185 e. The second-order valence-electron chi connectivity index (χ2n) is 3.91. The fourth-order valence-electron chi connectivity index (χ4n) is 1.52. The highest BCUT2D eigenvalue weighted by Crippen LogP contribution is 2.22. The van der Waals surface area contributed by atoms with Crippen molar-refractivity contribution in [2.75, 3.05) is 0 Å². The molecule has 19 heavy (non-hydrogen) atoms. The van der Waals surface area contributed by atoms with Crippen LogP contribution in [0.3, 0.4) is 0 Å². The summed E-state index contributed by atoms with van der Waals surface area (Å²) < 4.78 is 0. The van der Waals surface area contributed by atoms with Crippen LogP contribution in [0.5, 0.6) is 5.75 Å². The number of halogens is 2. The summed E-state index contributed by atoms with van der Waals surface area (Å²) in [7, 11) is 0. The third kappa shape index (κ3) is 3.60. The van der Waals surface area contributed by atoms with Gasteiger partial charge in [0.25, 0.3) is 0 Å². The first-order valence-electron chi connectivity index (χ1n) is 5.53. The molecule has 0 heterocycles. The van der Waals surface area contributed by atoms with Crippen LogP contribution in [-0.4, -0.2) is 10.9 Å². The van der Waals surface area contributed by atoms with Crippen molar-refractivity contribution in [2.45, 2.75) is 0 Å². The molecule has 0 saturated carbocycles. The Morgan fingerprint density at radius 2 is 1.74 bits per heavy atom. The average Bonchev–Trinajstić information content (AvgIpc) is 2.38. The summed E-state index contributed by atoms with van der Waals surface area (Å²) in [6.07, 6.45) is 3.06. The lowest BCUT2D eigenvalue weighted by molar-refractivity contribution is 0.104. The lowest BCUT2D eigenvalue weighted by Gasteiger charge is -1.99. The number of carbonyl (C=O) groups excluding carboxylic acids is 1. The maximum absolute atomic E-state index is 11.9. The van der Waals surface area contributed by atoms with E-state index in [1.165, 1.54) is 18.2 Å². The maximum atomic E-state index is 11.9. The third-order valence-electron chi connectivity index (χ3n) is 2.53. The zero-order valence-corrected chi connectivity index (χ0v) is 11.3. The van der Waals surface area contributed by atoms with Crippen molar-refractivity contribution < 1.29 is 9.90 Å². The Bertz CT molecular complexity index is 631. The average molecular weight is 293 g/mol. The molecule has 0 saturated heterocycles. The Kier molecular flexibility index (Phi) is 4.25. The molecule has 1 N–H and O–H groups in total. The molecule has 0 bridgehead atoms. The van der Waals surface area contributed by atoms with E-state index in [0.717, 1.165) is 5.56 Å². The van der Waals surface area contributed by atoms with Crippen LogP contribution in [0.2, 0.25) is 10.0 Å². The van der Waals surface area contributed by atoms with Gasteiger partial charge in [0.05, 0.1) is 0 Å². The van der Waals surface area contributed by atoms with Gasteiger partial charge >= 0.3 is 0 Å². The molecule has 0 aliphatic heterocycles. The highest BCUT2D eigenvalue weighted by atomic mass is 35.5. The second kappa shape index (κ2) is 5.91. The lowest BCUT2D eigenvalue weighted by Crippen LogP contribution is -1.93. The van der Waals surface area contributed by atoms with Crippen molar-refractivity contribution in [1.29, 1.82) is 0 Å². The summed E-state index contributed by atoms with van der Waals surface area (Å²) >= 11 is 11.8. The summed E-state index contributed by atoms with van der Waals surface area (Å²) in [4.78, 5) is 11.9. The van der Waals surface area contributed by atoms with Gasteiger partial charge in [-0.1, -0.05) is 29.3 Å². The summed E-state index contributed by atoms with van der Waals surface area (Å²) in [5.41, 5.74) is 1.22. The number of ketones is 1. The molecule has 4 heteroatoms. The van der Waals surface area contributed by atoms with Crippen LogP contribution in [0, 0.1) is 0 Å². The van der Waals surface area contributed by atoms with Crippen molar-refractivity contribution in [1.82, 2.24) is 0 Å². The fraction of sp³-hybridized carbons (Fsp3) is 0. The number of phenolic OH excluding ortho intramolecular Hbond substituents is 1. The van der Waals surface area contributed by atoms with Crippen LogP contribution >= 0.6 is 23.2 Å². The van der Waals surface area contributed by atoms with Crippen LogP contribution < -0.4 is 0 Å². The van der Waals surface area contributed by atoms with Crippen molar-refractivity contribution in [3.05, 3.63) is 69.7 Å². The Morgan fingerprint density at radius 3 is 2.37 bits per heavy atom. The summed E-state index contributed by atoms with van der Waals surface area (Å²) in [6, 6.07) is 11.1. The molecule has 0 spiro atoms. The minimum absolute atomic E-state index is 0.126. The van der Waals surface area contributed by atoms with Crippen LogP contribution in [0.4, 0.5) is 0 Å². The number of carbonyl (C=O) groups is 1. The van der Waals surface area contributed by atoms with E-state index in [1.807, 2.05) is 0 Å². The summed E-state index contributed by atoms with van der Waals surface area (Å²) in [5.74, 6) is -0.0349. The van der Waals surface area contributed by atoms with Gasteiger partial charge in [-0.2, -0.15) is 0 Å². The first-order chi connectivity index (χ1) is 9.06. The van der Waals surface area contributed by atoms with Gasteiger partial charge < -0.3 is 5.11 Å². The number of hydrogen-bond acceptors (Lipinski definition) is 2. The molecule has 2 nitrogen and oxygen atoms in total. The van der Waals surface area contributed by atoms with Gasteiger partial charge in [0, 0.05) is 15.6 Å². The molecule has 0 fully saturated rings. The van der Waals surface area contributed by atoms with Crippen molar-refractivity contribution in [3.8, 4) is 5.75 Å². The number of allylic oxidation sites excluding steroid dienone is 1. The second-order valence-corrected chi connectivity index (χ2v) is 4.75. The lowest BCUT2D eigenvalue weighted by atomic mass is 10.1. The van der Waals surface area contributed by atoms with E-state index in [0.29, 0.717) is 15.6 Å². The number of phenols is 1. The first-order valence-corrected chi connectivity index (χ1v) is 6.28. The zero-order valence-electron chi connectivity index (χ0n) is 9.81. The Labute approximate surface area is 120 Å². The van der Waals surface area contributed by atoms with Crippen LogP contribution in [0.1, 0.15) is 15.9 Å². The molecular formula is C15H10Cl2O2. The SMILES string of the molecule is O=C(C=Cc1ccc(Cl)cc1Cl)c1ccc(O)cc1. The molecule has 96 valence electrons. The topological polar surface area (TPSA) is 37.3 Å². The van der Waals surface area contributed by atoms with E-state index < -0.39 is 0 Å². The highest BCUT2D eigenvalue weighted by Gasteiger charge is 2.02. The van der Waals surface area contributed by atoms with E-state index in [-0.39, 0.29) is 11.5 Å². The van der Waals surface area contributed by atoms with Gasteiger partial charge in [0.15, 0.2) is 5.78 Å². The van der Waals surface area contributed by atoms with Gasteiger partial charge in [-0.15, -0.1) is 0 Å². The number of benzene rings is 2. The summed E-state index contributed by atoms with van der Waals surface area (Å²) in [5, 5.41) is 10.2. The molecule has 2 rings (SSSR count). The van der Waals surface area contributed by atoms with E-state index in [2.05, 4.69) is 0 Å². The van der Waals surface area contributed by atoms with Crippen molar-refractivity contribution in [3.63, 3.8) is 0 Å². The van der Waals surface area contributed by atoms with Gasteiger partial charge in [-0.05, 0) is 54.1 Å². The normalized spacial score (nSPS) is 10.8. The molecule has 0 unspecified atom stereocenters. The standard InChI is InChI=1S/C15H10Cl2O2/c16-12-5-1-10(14(17)9-12)4-8-15(19)11-2-6-13(18)7-3-11/h1-9,18H. The Balaban J connectivity index is 2.18. The minimum Gasteiger partial charge on any atom is -0.508 e. The highest BCUT2D eigenvalue weighted by molar-refractivity contribution is 6.35. The third-order valence-corrected chi connectivity index (χ3v) is 3.09. The predicted octanol–water partition coefficient (Wildman–Crippen LogP) is 4.60. The fourth-order valence-corrected chi connectivity index (χ4v) is 2.00. The molecule has 2 aromatic rings. The number of hydrogen-bond donors (Lipinski definition) is 1. The molecule has 0 aliphatic rings. The van der Waals surface area contributed by atoms with Crippen LogP contribution in [-0.2, 0) is 0 Å². The monoisotopic (exact) mass is 292 g/mol. The largest absolute Gasteiger partial charge is 0.508 e. The van der Waals surface area contributed by atoms with Gasteiger partial charge in [0.1, 0.15) is 5.75 Å². The summed E-state index contributed by atoms with van der Waals surface area (Å²) in [6.45, 7) is 0. The Morgan fingerprint density at radius 1 is 1.05 bits per heavy atom. The number of rotatable bonds is 3. The minimum atomic E-state index is -0.161. The Hall–Kier alpha value is -1.77. The smallest absolute Gasteiger partial charge is 0.185 e. The van der Waals surface area contributed by atoms with E-state index in [4.69, 9.17) is 28.3 Å². The van der Waals surface area contributed by atoms with Gasteiger partial charge in [-0.25, -0.2) is 0 Å². The quantitative estimate of drug-likeness (QED) is 0.663. The van der Waals surface area contributed by atoms with Crippen molar-refractivity contribution >= 4 is 35.1 Å². The van der Waals surface area contributed by atoms with Crippen LogP contribution in [0.25, 0.3) is 6.08 Å². The van der Waals surface area contributed by atoms with E-state index in [1.54, 1.807) is 36.4 Å². The molecular weight excluding hydrogens is 283 g/mol. The van der Waals surface area contributed by atoms with E-state index >= 15 is 0 Å². The van der Waals surface area contributed by atoms with E-state index in [9.17, 15) is 4.79 Å². The predicted molar refractivity (Wildman–Crippen MR) is 77.9 cm³/mol. The molecule has 0 amide bonds. The number of aromatic hydroxyl groups is 1. The molecule has 2 aromatic carbocycles. The molecule has 0 aromatic heterocycles. The van der Waals surface area contributed by atoms with Crippen LogP contribution in [0.15, 0.2) is 48.5 Å². The van der Waals surface area contributed by atoms with Gasteiger partial charge in [0.2, 0.25) is 0 Å². The first kappa shape index (κ1) is 13.7. The van der Waals surface area contributed by atoms with Crippen molar-refractivity contribution in [2.24, 2.45) is 0 Å². The molecule has 0 aliphatic carbocycles. The zero-order chi connectivity index (χ0) is 13.8.